The molecule has 0 aliphatic rings. The first-order chi connectivity index (χ1) is 10.6. The van der Waals surface area contributed by atoms with Crippen LogP contribution in [0.25, 0.3) is 0 Å². The molecule has 0 spiro atoms. The van der Waals surface area contributed by atoms with Gasteiger partial charge in [-0.15, -0.1) is 0 Å². The minimum atomic E-state index is -0.193. The van der Waals surface area contributed by atoms with Gasteiger partial charge in [0.05, 0.1) is 6.54 Å². The van der Waals surface area contributed by atoms with Gasteiger partial charge in [-0.05, 0) is 31.0 Å². The molecule has 0 fully saturated rings. The normalized spacial score (nSPS) is 10.3. The second kappa shape index (κ2) is 10.8. The third kappa shape index (κ3) is 8.45. The average molecular weight is 304 g/mol. The number of anilines is 1. The molecule has 4 heteroatoms. The maximum absolute atomic E-state index is 11.8. The molecule has 0 bridgehead atoms. The van der Waals surface area contributed by atoms with Crippen molar-refractivity contribution in [1.29, 1.82) is 0 Å². The molecule has 0 atom stereocenters. The summed E-state index contributed by atoms with van der Waals surface area (Å²) in [4.78, 5) is 23.4. The van der Waals surface area contributed by atoms with Crippen LogP contribution < -0.4 is 10.6 Å². The predicted molar refractivity (Wildman–Crippen MR) is 90.8 cm³/mol. The van der Waals surface area contributed by atoms with Gasteiger partial charge in [0.1, 0.15) is 0 Å². The van der Waals surface area contributed by atoms with Crippen molar-refractivity contribution in [3.63, 3.8) is 0 Å². The van der Waals surface area contributed by atoms with Crippen LogP contribution in [0.4, 0.5) is 5.69 Å². The SMILES string of the molecule is CCCCCCCCC(=O)NCC(=O)Nc1cccc(C)c1. The third-order valence-corrected chi connectivity index (χ3v) is 3.51. The monoisotopic (exact) mass is 304 g/mol. The Morgan fingerprint density at radius 3 is 2.45 bits per heavy atom. The summed E-state index contributed by atoms with van der Waals surface area (Å²) in [6, 6.07) is 7.60. The van der Waals surface area contributed by atoms with E-state index in [1.54, 1.807) is 0 Å². The Hall–Kier alpha value is -1.84. The van der Waals surface area contributed by atoms with E-state index in [2.05, 4.69) is 17.6 Å². The van der Waals surface area contributed by atoms with E-state index in [9.17, 15) is 9.59 Å². The van der Waals surface area contributed by atoms with Gasteiger partial charge < -0.3 is 10.6 Å². The minimum absolute atomic E-state index is 0.0304. The number of nitrogens with one attached hydrogen (secondary N) is 2. The average Bonchev–Trinajstić information content (AvgIpc) is 2.49. The first-order valence-electron chi connectivity index (χ1n) is 8.25. The quantitative estimate of drug-likeness (QED) is 0.646. The molecule has 0 heterocycles. The lowest BCUT2D eigenvalue weighted by Crippen LogP contribution is -2.32. The van der Waals surface area contributed by atoms with Gasteiger partial charge in [0.25, 0.3) is 0 Å². The molecule has 0 aromatic heterocycles. The molecular weight excluding hydrogens is 276 g/mol. The molecule has 0 saturated heterocycles. The zero-order valence-electron chi connectivity index (χ0n) is 13.8. The van der Waals surface area contributed by atoms with Crippen molar-refractivity contribution in [3.8, 4) is 0 Å². The number of aryl methyl sites for hydroxylation is 1. The lowest BCUT2D eigenvalue weighted by molar-refractivity contribution is -0.124. The molecule has 1 aromatic carbocycles. The largest absolute Gasteiger partial charge is 0.347 e. The number of benzene rings is 1. The van der Waals surface area contributed by atoms with Crippen molar-refractivity contribution in [3.05, 3.63) is 29.8 Å². The fourth-order valence-electron chi connectivity index (χ4n) is 2.26. The molecule has 4 nitrogen and oxygen atoms in total. The van der Waals surface area contributed by atoms with Crippen LogP contribution in [0.3, 0.4) is 0 Å². The molecule has 1 aromatic rings. The summed E-state index contributed by atoms with van der Waals surface area (Å²) in [6.07, 6.45) is 7.43. The molecule has 2 N–H and O–H groups in total. The lowest BCUT2D eigenvalue weighted by atomic mass is 10.1. The van der Waals surface area contributed by atoms with Crippen molar-refractivity contribution >= 4 is 17.5 Å². The van der Waals surface area contributed by atoms with E-state index < -0.39 is 0 Å². The van der Waals surface area contributed by atoms with E-state index in [0.29, 0.717) is 6.42 Å². The van der Waals surface area contributed by atoms with Gasteiger partial charge in [-0.25, -0.2) is 0 Å². The van der Waals surface area contributed by atoms with Gasteiger partial charge in [0, 0.05) is 12.1 Å². The van der Waals surface area contributed by atoms with Crippen LogP contribution in [-0.4, -0.2) is 18.4 Å². The minimum Gasteiger partial charge on any atom is -0.347 e. The summed E-state index contributed by atoms with van der Waals surface area (Å²) < 4.78 is 0. The first kappa shape index (κ1) is 18.2. The van der Waals surface area contributed by atoms with Crippen LogP contribution in [0.1, 0.15) is 57.4 Å². The smallest absolute Gasteiger partial charge is 0.243 e. The molecule has 122 valence electrons. The fourth-order valence-corrected chi connectivity index (χ4v) is 2.26. The Kier molecular flexibility index (Phi) is 8.96. The first-order valence-corrected chi connectivity index (χ1v) is 8.25. The van der Waals surface area contributed by atoms with E-state index in [-0.39, 0.29) is 18.4 Å². The van der Waals surface area contributed by atoms with E-state index in [1.165, 1.54) is 25.7 Å². The van der Waals surface area contributed by atoms with Gasteiger partial charge in [-0.3, -0.25) is 9.59 Å². The van der Waals surface area contributed by atoms with Crippen LogP contribution >= 0.6 is 0 Å². The molecule has 0 radical (unpaired) electrons. The van der Waals surface area contributed by atoms with Gasteiger partial charge in [-0.1, -0.05) is 51.2 Å². The standard InChI is InChI=1S/C18H28N2O2/c1-3-4-5-6-7-8-12-17(21)19-14-18(22)20-16-11-9-10-15(2)13-16/h9-11,13H,3-8,12,14H2,1-2H3,(H,19,21)(H,20,22). The summed E-state index contributed by atoms with van der Waals surface area (Å²) in [7, 11) is 0. The number of hydrogen-bond acceptors (Lipinski definition) is 2. The summed E-state index contributed by atoms with van der Waals surface area (Å²) in [5.74, 6) is -0.239. The van der Waals surface area contributed by atoms with E-state index >= 15 is 0 Å². The highest BCUT2D eigenvalue weighted by Crippen LogP contribution is 2.09. The van der Waals surface area contributed by atoms with E-state index in [4.69, 9.17) is 0 Å². The van der Waals surface area contributed by atoms with Crippen molar-refractivity contribution in [2.75, 3.05) is 11.9 Å². The zero-order chi connectivity index (χ0) is 16.2. The number of carbonyl (C=O) groups is 2. The van der Waals surface area contributed by atoms with E-state index in [0.717, 1.165) is 24.1 Å². The second-order valence-electron chi connectivity index (χ2n) is 5.71. The Morgan fingerprint density at radius 2 is 1.73 bits per heavy atom. The van der Waals surface area contributed by atoms with Crippen LogP contribution in [0.2, 0.25) is 0 Å². The summed E-state index contributed by atoms with van der Waals surface area (Å²) in [5, 5.41) is 5.44. The van der Waals surface area contributed by atoms with Crippen LogP contribution in [-0.2, 0) is 9.59 Å². The Labute approximate surface area is 133 Å². The van der Waals surface area contributed by atoms with E-state index in [1.807, 2.05) is 31.2 Å². The fraction of sp³-hybridized carbons (Fsp3) is 0.556. The number of hydrogen-bond donors (Lipinski definition) is 2. The van der Waals surface area contributed by atoms with Crippen molar-refractivity contribution in [2.24, 2.45) is 0 Å². The summed E-state index contributed by atoms with van der Waals surface area (Å²) >= 11 is 0. The highest BCUT2D eigenvalue weighted by atomic mass is 16.2. The number of amides is 2. The Balaban J connectivity index is 2.11. The molecule has 0 aliphatic carbocycles. The molecule has 0 unspecified atom stereocenters. The molecule has 22 heavy (non-hydrogen) atoms. The van der Waals surface area contributed by atoms with Crippen LogP contribution in [0.15, 0.2) is 24.3 Å². The zero-order valence-corrected chi connectivity index (χ0v) is 13.8. The predicted octanol–water partition coefficient (Wildman–Crippen LogP) is 3.80. The second-order valence-corrected chi connectivity index (χ2v) is 5.71. The highest BCUT2D eigenvalue weighted by Gasteiger charge is 2.06. The Bertz CT molecular complexity index is 472. The van der Waals surface area contributed by atoms with Gasteiger partial charge in [0.15, 0.2) is 0 Å². The number of rotatable bonds is 10. The maximum atomic E-state index is 11.8. The van der Waals surface area contributed by atoms with Gasteiger partial charge >= 0.3 is 0 Å². The number of unbranched alkanes of at least 4 members (excludes halogenated alkanes) is 5. The molecule has 1 rings (SSSR count). The lowest BCUT2D eigenvalue weighted by Gasteiger charge is -2.07. The third-order valence-electron chi connectivity index (χ3n) is 3.51. The van der Waals surface area contributed by atoms with Crippen molar-refractivity contribution in [1.82, 2.24) is 5.32 Å². The summed E-state index contributed by atoms with van der Waals surface area (Å²) in [6.45, 7) is 4.19. The van der Waals surface area contributed by atoms with Crippen molar-refractivity contribution < 1.29 is 9.59 Å². The molecular formula is C18H28N2O2. The van der Waals surface area contributed by atoms with Gasteiger partial charge in [-0.2, -0.15) is 0 Å². The highest BCUT2D eigenvalue weighted by molar-refractivity contribution is 5.94. The Morgan fingerprint density at radius 1 is 1.00 bits per heavy atom. The van der Waals surface area contributed by atoms with Crippen LogP contribution in [0, 0.1) is 6.92 Å². The summed E-state index contributed by atoms with van der Waals surface area (Å²) in [5.41, 5.74) is 1.85. The topological polar surface area (TPSA) is 58.2 Å². The maximum Gasteiger partial charge on any atom is 0.243 e. The van der Waals surface area contributed by atoms with Crippen LogP contribution in [0.5, 0.6) is 0 Å². The number of carbonyl (C=O) groups excluding carboxylic acids is 2. The van der Waals surface area contributed by atoms with Gasteiger partial charge in [0.2, 0.25) is 11.8 Å². The molecule has 0 aliphatic heterocycles. The van der Waals surface area contributed by atoms with Crippen molar-refractivity contribution in [2.45, 2.75) is 58.8 Å². The molecule has 2 amide bonds. The molecule has 0 saturated carbocycles.